The first kappa shape index (κ1) is 16.7. The molecule has 0 bridgehead atoms. The van der Waals surface area contributed by atoms with E-state index >= 15 is 0 Å². The quantitative estimate of drug-likeness (QED) is 0.712. The van der Waals surface area contributed by atoms with Gasteiger partial charge in [-0.25, -0.2) is 4.68 Å². The molecule has 0 radical (unpaired) electrons. The van der Waals surface area contributed by atoms with Crippen molar-refractivity contribution in [1.29, 1.82) is 0 Å². The summed E-state index contributed by atoms with van der Waals surface area (Å²) in [6, 6.07) is 17.6. The van der Waals surface area contributed by atoms with Crippen LogP contribution in [-0.4, -0.2) is 46.8 Å². The van der Waals surface area contributed by atoms with Crippen LogP contribution >= 0.6 is 11.6 Å². The van der Waals surface area contributed by atoms with Crippen LogP contribution in [0.2, 0.25) is 5.02 Å². The number of nitrogens with zero attached hydrogens (tertiary/aromatic N) is 4. The van der Waals surface area contributed by atoms with E-state index in [1.165, 1.54) is 0 Å². The van der Waals surface area contributed by atoms with Crippen molar-refractivity contribution in [3.8, 4) is 5.69 Å². The third-order valence-corrected chi connectivity index (χ3v) is 4.93. The summed E-state index contributed by atoms with van der Waals surface area (Å²) < 4.78 is 1.73. The summed E-state index contributed by atoms with van der Waals surface area (Å²) in [5.41, 5.74) is 2.58. The Labute approximate surface area is 157 Å². The highest BCUT2D eigenvalue weighted by Crippen LogP contribution is 2.26. The predicted molar refractivity (Wildman–Crippen MR) is 103 cm³/mol. The molecule has 26 heavy (non-hydrogen) atoms. The maximum Gasteiger partial charge on any atom is 0.257 e. The number of carbonyl (C=O) groups excluding carboxylic acids is 1. The van der Waals surface area contributed by atoms with E-state index in [2.05, 4.69) is 10.00 Å². The standard InChI is InChI=1S/C20H19ClN4O/c21-18-8-4-5-9-19(18)23-10-12-24(13-11-23)20(26)16-14-22-25(15-16)17-6-2-1-3-7-17/h1-9,14-15H,10-13H2. The molecule has 1 saturated heterocycles. The van der Waals surface area contributed by atoms with Gasteiger partial charge in [-0.1, -0.05) is 41.9 Å². The smallest absolute Gasteiger partial charge is 0.257 e. The number of anilines is 1. The van der Waals surface area contributed by atoms with E-state index in [4.69, 9.17) is 11.6 Å². The molecule has 0 saturated carbocycles. The number of hydrogen-bond donors (Lipinski definition) is 0. The number of rotatable bonds is 3. The van der Waals surface area contributed by atoms with Crippen LogP contribution in [0.3, 0.4) is 0 Å². The lowest BCUT2D eigenvalue weighted by Gasteiger charge is -2.36. The average Bonchev–Trinajstić information content (AvgIpc) is 3.19. The van der Waals surface area contributed by atoms with Gasteiger partial charge in [-0.2, -0.15) is 5.10 Å². The minimum Gasteiger partial charge on any atom is -0.367 e. The summed E-state index contributed by atoms with van der Waals surface area (Å²) in [5.74, 6) is 0.0194. The second-order valence-electron chi connectivity index (χ2n) is 6.24. The molecule has 1 aromatic heterocycles. The highest BCUT2D eigenvalue weighted by molar-refractivity contribution is 6.33. The van der Waals surface area contributed by atoms with Crippen LogP contribution in [0.25, 0.3) is 5.69 Å². The van der Waals surface area contributed by atoms with Crippen LogP contribution < -0.4 is 4.90 Å². The minimum atomic E-state index is 0.0194. The highest BCUT2D eigenvalue weighted by atomic mass is 35.5. The third kappa shape index (κ3) is 3.30. The normalized spacial score (nSPS) is 14.5. The first-order valence-electron chi connectivity index (χ1n) is 8.61. The fourth-order valence-electron chi connectivity index (χ4n) is 3.20. The molecule has 3 aromatic rings. The van der Waals surface area contributed by atoms with Crippen molar-refractivity contribution in [3.05, 3.63) is 77.6 Å². The van der Waals surface area contributed by atoms with Gasteiger partial charge in [0.05, 0.1) is 28.2 Å². The van der Waals surface area contributed by atoms with Crippen LogP contribution in [0.5, 0.6) is 0 Å². The molecule has 132 valence electrons. The fourth-order valence-corrected chi connectivity index (χ4v) is 3.45. The van der Waals surface area contributed by atoms with Gasteiger partial charge in [0.2, 0.25) is 0 Å². The lowest BCUT2D eigenvalue weighted by Crippen LogP contribution is -2.48. The average molecular weight is 367 g/mol. The van der Waals surface area contributed by atoms with Crippen molar-refractivity contribution in [2.45, 2.75) is 0 Å². The van der Waals surface area contributed by atoms with Crippen LogP contribution in [0, 0.1) is 0 Å². The largest absolute Gasteiger partial charge is 0.367 e. The van der Waals surface area contributed by atoms with Gasteiger partial charge >= 0.3 is 0 Å². The van der Waals surface area contributed by atoms with Gasteiger partial charge in [0.1, 0.15) is 0 Å². The Balaban J connectivity index is 1.43. The second kappa shape index (κ2) is 7.22. The Kier molecular flexibility index (Phi) is 4.63. The molecule has 4 rings (SSSR count). The maximum atomic E-state index is 12.8. The Bertz CT molecular complexity index is 901. The second-order valence-corrected chi connectivity index (χ2v) is 6.65. The molecule has 5 nitrogen and oxygen atoms in total. The SMILES string of the molecule is O=C(c1cnn(-c2ccccc2)c1)N1CCN(c2ccccc2Cl)CC1. The number of halogens is 1. The van der Waals surface area contributed by atoms with Gasteiger partial charge in [-0.15, -0.1) is 0 Å². The molecule has 2 heterocycles. The van der Waals surface area contributed by atoms with Crippen molar-refractivity contribution in [1.82, 2.24) is 14.7 Å². The lowest BCUT2D eigenvalue weighted by molar-refractivity contribution is 0.0747. The summed E-state index contributed by atoms with van der Waals surface area (Å²) in [6.07, 6.45) is 3.42. The van der Waals surface area contributed by atoms with Crippen molar-refractivity contribution in [2.75, 3.05) is 31.1 Å². The maximum absolute atomic E-state index is 12.8. The van der Waals surface area contributed by atoms with E-state index in [-0.39, 0.29) is 5.91 Å². The highest BCUT2D eigenvalue weighted by Gasteiger charge is 2.24. The van der Waals surface area contributed by atoms with E-state index in [0.29, 0.717) is 18.7 Å². The number of para-hydroxylation sites is 2. The van der Waals surface area contributed by atoms with Crippen LogP contribution in [0.4, 0.5) is 5.69 Å². The Hall–Kier alpha value is -2.79. The first-order valence-corrected chi connectivity index (χ1v) is 8.99. The molecule has 0 unspecified atom stereocenters. The predicted octanol–water partition coefficient (Wildman–Crippen LogP) is 3.49. The summed E-state index contributed by atoms with van der Waals surface area (Å²) in [7, 11) is 0. The molecule has 1 aliphatic heterocycles. The van der Waals surface area contributed by atoms with E-state index in [1.54, 1.807) is 17.1 Å². The topological polar surface area (TPSA) is 41.4 Å². The molecular weight excluding hydrogens is 348 g/mol. The van der Waals surface area contributed by atoms with E-state index in [0.717, 1.165) is 29.5 Å². The third-order valence-electron chi connectivity index (χ3n) is 4.61. The molecule has 1 aliphatic rings. The summed E-state index contributed by atoms with van der Waals surface area (Å²) in [6.45, 7) is 2.87. The van der Waals surface area contributed by atoms with E-state index in [1.807, 2.05) is 59.5 Å². The molecule has 2 aromatic carbocycles. The lowest BCUT2D eigenvalue weighted by atomic mass is 10.2. The molecular formula is C20H19ClN4O. The number of piperazine rings is 1. The molecule has 0 N–H and O–H groups in total. The van der Waals surface area contributed by atoms with Gasteiger partial charge in [0, 0.05) is 32.4 Å². The molecule has 1 fully saturated rings. The van der Waals surface area contributed by atoms with Crippen molar-refractivity contribution in [3.63, 3.8) is 0 Å². The van der Waals surface area contributed by atoms with Crippen LogP contribution in [0.1, 0.15) is 10.4 Å². The van der Waals surface area contributed by atoms with Gasteiger partial charge in [-0.3, -0.25) is 4.79 Å². The van der Waals surface area contributed by atoms with Crippen LogP contribution in [-0.2, 0) is 0 Å². The zero-order valence-electron chi connectivity index (χ0n) is 14.3. The number of carbonyl (C=O) groups is 1. The number of hydrogen-bond acceptors (Lipinski definition) is 3. The zero-order valence-corrected chi connectivity index (χ0v) is 15.0. The Morgan fingerprint density at radius 1 is 0.923 bits per heavy atom. The Morgan fingerprint density at radius 2 is 1.62 bits per heavy atom. The van der Waals surface area contributed by atoms with Gasteiger partial charge in [0.15, 0.2) is 0 Å². The Morgan fingerprint density at radius 3 is 2.35 bits per heavy atom. The van der Waals surface area contributed by atoms with E-state index in [9.17, 15) is 4.79 Å². The summed E-state index contributed by atoms with van der Waals surface area (Å²) >= 11 is 6.28. The van der Waals surface area contributed by atoms with Crippen molar-refractivity contribution in [2.24, 2.45) is 0 Å². The summed E-state index contributed by atoms with van der Waals surface area (Å²) in [4.78, 5) is 16.9. The number of aromatic nitrogens is 2. The van der Waals surface area contributed by atoms with E-state index < -0.39 is 0 Å². The molecule has 6 heteroatoms. The molecule has 0 aliphatic carbocycles. The number of benzene rings is 2. The van der Waals surface area contributed by atoms with Gasteiger partial charge in [-0.05, 0) is 24.3 Å². The fraction of sp³-hybridized carbons (Fsp3) is 0.200. The van der Waals surface area contributed by atoms with Crippen molar-refractivity contribution >= 4 is 23.2 Å². The zero-order chi connectivity index (χ0) is 17.9. The molecule has 0 atom stereocenters. The molecule has 0 spiro atoms. The van der Waals surface area contributed by atoms with Gasteiger partial charge in [0.25, 0.3) is 5.91 Å². The monoisotopic (exact) mass is 366 g/mol. The van der Waals surface area contributed by atoms with Gasteiger partial charge < -0.3 is 9.80 Å². The molecule has 1 amide bonds. The van der Waals surface area contributed by atoms with Crippen LogP contribution in [0.15, 0.2) is 67.0 Å². The van der Waals surface area contributed by atoms with Crippen molar-refractivity contribution < 1.29 is 4.79 Å². The summed E-state index contributed by atoms with van der Waals surface area (Å²) in [5, 5.41) is 5.06. The minimum absolute atomic E-state index is 0.0194. The number of amides is 1. The first-order chi connectivity index (χ1) is 12.7.